The molecule has 0 aliphatic carbocycles. The van der Waals surface area contributed by atoms with Crippen molar-refractivity contribution >= 4 is 0 Å². The van der Waals surface area contributed by atoms with E-state index < -0.39 is 5.95 Å². The Morgan fingerprint density at radius 2 is 1.82 bits per heavy atom. The summed E-state index contributed by atoms with van der Waals surface area (Å²) >= 11 is 0. The summed E-state index contributed by atoms with van der Waals surface area (Å²) in [5, 5.41) is 0. The van der Waals surface area contributed by atoms with Crippen LogP contribution in [-0.4, -0.2) is 16.6 Å². The zero-order chi connectivity index (χ0) is 12.1. The van der Waals surface area contributed by atoms with E-state index in [4.69, 9.17) is 9.47 Å². The first-order valence-electron chi connectivity index (χ1n) is 5.16. The van der Waals surface area contributed by atoms with Gasteiger partial charge in [0.25, 0.3) is 0 Å². The lowest BCUT2D eigenvalue weighted by molar-refractivity contribution is 0.339. The topological polar surface area (TPSA) is 44.2 Å². The number of hydrogen-bond donors (Lipinski definition) is 0. The lowest BCUT2D eigenvalue weighted by Crippen LogP contribution is -1.92. The fourth-order valence-corrected chi connectivity index (χ4v) is 1.26. The van der Waals surface area contributed by atoms with Crippen LogP contribution in [0.1, 0.15) is 6.92 Å². The first-order valence-corrected chi connectivity index (χ1v) is 5.16. The molecule has 88 valence electrons. The normalized spacial score (nSPS) is 10.0. The summed E-state index contributed by atoms with van der Waals surface area (Å²) in [5.74, 6) is 0.864. The fraction of sp³-hybridized carbons (Fsp3) is 0.167. The van der Waals surface area contributed by atoms with Crippen molar-refractivity contribution in [1.82, 2.24) is 9.97 Å². The molecule has 0 bridgehead atoms. The Morgan fingerprint density at radius 1 is 1.12 bits per heavy atom. The first-order chi connectivity index (χ1) is 8.28. The molecule has 1 aromatic carbocycles. The maximum Gasteiger partial charge on any atom is 0.225 e. The van der Waals surface area contributed by atoms with Crippen molar-refractivity contribution in [2.24, 2.45) is 0 Å². The molecule has 0 saturated carbocycles. The monoisotopic (exact) mass is 234 g/mol. The van der Waals surface area contributed by atoms with E-state index in [9.17, 15) is 4.39 Å². The van der Waals surface area contributed by atoms with Crippen LogP contribution in [0, 0.1) is 5.95 Å². The first kappa shape index (κ1) is 11.3. The van der Waals surface area contributed by atoms with Crippen LogP contribution in [0.15, 0.2) is 36.7 Å². The highest BCUT2D eigenvalue weighted by atomic mass is 19.1. The van der Waals surface area contributed by atoms with Crippen LogP contribution in [0.2, 0.25) is 0 Å². The van der Waals surface area contributed by atoms with Gasteiger partial charge in [-0.3, -0.25) is 0 Å². The van der Waals surface area contributed by atoms with Crippen molar-refractivity contribution in [3.8, 4) is 17.4 Å². The Bertz CT molecular complexity index is 488. The maximum atomic E-state index is 12.8. The number of halogens is 1. The van der Waals surface area contributed by atoms with Crippen molar-refractivity contribution in [1.29, 1.82) is 0 Å². The zero-order valence-electron chi connectivity index (χ0n) is 9.26. The summed E-state index contributed by atoms with van der Waals surface area (Å²) in [6.07, 6.45) is 1.11. The lowest BCUT2D eigenvalue weighted by atomic mass is 10.3. The van der Waals surface area contributed by atoms with Gasteiger partial charge in [-0.1, -0.05) is 0 Å². The second-order valence-electron chi connectivity index (χ2n) is 3.19. The van der Waals surface area contributed by atoms with Gasteiger partial charge < -0.3 is 9.47 Å². The third-order valence-electron chi connectivity index (χ3n) is 1.97. The Hall–Kier alpha value is -2.17. The number of hydrogen-bond acceptors (Lipinski definition) is 4. The molecule has 17 heavy (non-hydrogen) atoms. The molecule has 0 unspecified atom stereocenters. The van der Waals surface area contributed by atoms with Gasteiger partial charge in [0.1, 0.15) is 17.8 Å². The quantitative estimate of drug-likeness (QED) is 0.763. The molecule has 5 heteroatoms. The van der Waals surface area contributed by atoms with Gasteiger partial charge in [-0.25, -0.2) is 9.97 Å². The van der Waals surface area contributed by atoms with Crippen LogP contribution in [0.4, 0.5) is 4.39 Å². The standard InChI is InChI=1S/C12H11FN2O2/c1-2-16-9-3-5-10(6-4-9)17-12-7-11(13)14-8-15-12/h3-8H,2H2,1H3. The van der Waals surface area contributed by atoms with E-state index in [2.05, 4.69) is 9.97 Å². The molecule has 4 nitrogen and oxygen atoms in total. The van der Waals surface area contributed by atoms with Crippen LogP contribution >= 0.6 is 0 Å². The molecule has 0 amide bonds. The average molecular weight is 234 g/mol. The number of benzene rings is 1. The van der Waals surface area contributed by atoms with Crippen molar-refractivity contribution in [2.45, 2.75) is 6.92 Å². The Balaban J connectivity index is 2.08. The second kappa shape index (κ2) is 5.25. The van der Waals surface area contributed by atoms with Gasteiger partial charge in [-0.05, 0) is 31.2 Å². The van der Waals surface area contributed by atoms with Crippen LogP contribution in [0.25, 0.3) is 0 Å². The SMILES string of the molecule is CCOc1ccc(Oc2cc(F)ncn2)cc1. The van der Waals surface area contributed by atoms with Gasteiger partial charge in [0.15, 0.2) is 0 Å². The predicted molar refractivity (Wildman–Crippen MR) is 59.7 cm³/mol. The highest BCUT2D eigenvalue weighted by Crippen LogP contribution is 2.22. The molecule has 0 aliphatic heterocycles. The molecule has 0 aliphatic rings. The number of nitrogens with zero attached hydrogens (tertiary/aromatic N) is 2. The molecule has 0 N–H and O–H groups in total. The average Bonchev–Trinajstić information content (AvgIpc) is 2.32. The second-order valence-corrected chi connectivity index (χ2v) is 3.19. The minimum absolute atomic E-state index is 0.168. The summed E-state index contributed by atoms with van der Waals surface area (Å²) < 4.78 is 23.4. The molecule has 0 radical (unpaired) electrons. The molecule has 1 heterocycles. The third kappa shape index (κ3) is 3.14. The molecular weight excluding hydrogens is 223 g/mol. The van der Waals surface area contributed by atoms with E-state index in [1.807, 2.05) is 6.92 Å². The van der Waals surface area contributed by atoms with Crippen molar-refractivity contribution in [2.75, 3.05) is 6.61 Å². The van der Waals surface area contributed by atoms with Crippen LogP contribution in [-0.2, 0) is 0 Å². The maximum absolute atomic E-state index is 12.8. The van der Waals surface area contributed by atoms with Gasteiger partial charge in [0.2, 0.25) is 11.8 Å². The summed E-state index contributed by atoms with van der Waals surface area (Å²) in [5.41, 5.74) is 0. The Kier molecular flexibility index (Phi) is 3.49. The van der Waals surface area contributed by atoms with E-state index in [0.717, 1.165) is 18.1 Å². The molecule has 2 rings (SSSR count). The largest absolute Gasteiger partial charge is 0.494 e. The molecule has 0 fully saturated rings. The van der Waals surface area contributed by atoms with Crippen LogP contribution in [0.5, 0.6) is 17.4 Å². The number of ether oxygens (including phenoxy) is 2. The van der Waals surface area contributed by atoms with E-state index >= 15 is 0 Å². The molecular formula is C12H11FN2O2. The molecule has 0 spiro atoms. The van der Waals surface area contributed by atoms with E-state index in [1.54, 1.807) is 24.3 Å². The van der Waals surface area contributed by atoms with Gasteiger partial charge in [-0.15, -0.1) is 0 Å². The zero-order valence-corrected chi connectivity index (χ0v) is 9.26. The van der Waals surface area contributed by atoms with Crippen LogP contribution in [0.3, 0.4) is 0 Å². The minimum atomic E-state index is -0.624. The predicted octanol–water partition coefficient (Wildman–Crippen LogP) is 2.81. The van der Waals surface area contributed by atoms with Crippen molar-refractivity contribution < 1.29 is 13.9 Å². The molecule has 0 saturated heterocycles. The minimum Gasteiger partial charge on any atom is -0.494 e. The molecule has 2 aromatic rings. The highest BCUT2D eigenvalue weighted by Gasteiger charge is 2.01. The van der Waals surface area contributed by atoms with Crippen LogP contribution < -0.4 is 9.47 Å². The summed E-state index contributed by atoms with van der Waals surface area (Å²) in [6, 6.07) is 8.12. The molecule has 0 atom stereocenters. The van der Waals surface area contributed by atoms with Gasteiger partial charge in [0.05, 0.1) is 12.7 Å². The van der Waals surface area contributed by atoms with Gasteiger partial charge >= 0.3 is 0 Å². The lowest BCUT2D eigenvalue weighted by Gasteiger charge is -2.06. The van der Waals surface area contributed by atoms with E-state index in [-0.39, 0.29) is 5.88 Å². The highest BCUT2D eigenvalue weighted by molar-refractivity contribution is 5.33. The fourth-order valence-electron chi connectivity index (χ4n) is 1.26. The number of aromatic nitrogens is 2. The van der Waals surface area contributed by atoms with E-state index in [0.29, 0.717) is 12.4 Å². The van der Waals surface area contributed by atoms with Crippen molar-refractivity contribution in [3.63, 3.8) is 0 Å². The summed E-state index contributed by atoms with van der Waals surface area (Å²) in [7, 11) is 0. The smallest absolute Gasteiger partial charge is 0.225 e. The Morgan fingerprint density at radius 3 is 2.47 bits per heavy atom. The molecule has 1 aromatic heterocycles. The summed E-state index contributed by atoms with van der Waals surface area (Å²) in [4.78, 5) is 7.13. The van der Waals surface area contributed by atoms with E-state index in [1.165, 1.54) is 0 Å². The van der Waals surface area contributed by atoms with Gasteiger partial charge in [0, 0.05) is 0 Å². The summed E-state index contributed by atoms with van der Waals surface area (Å²) in [6.45, 7) is 2.52. The number of rotatable bonds is 4. The Labute approximate surface area is 98.1 Å². The van der Waals surface area contributed by atoms with Crippen molar-refractivity contribution in [3.05, 3.63) is 42.6 Å². The van der Waals surface area contributed by atoms with Gasteiger partial charge in [-0.2, -0.15) is 4.39 Å². The third-order valence-corrected chi connectivity index (χ3v) is 1.97.